The number of rotatable bonds is 3. The number of pyridine rings is 1. The number of likely N-dealkylation sites (N-methyl/N-ethyl adjacent to an activating group) is 1. The first-order chi connectivity index (χ1) is 14.0. The summed E-state index contributed by atoms with van der Waals surface area (Å²) in [5.41, 5.74) is 2.15. The van der Waals surface area contributed by atoms with Gasteiger partial charge in [0.1, 0.15) is 5.65 Å². The number of aromatic nitrogens is 2. The number of carbonyl (C=O) groups is 1. The summed E-state index contributed by atoms with van der Waals surface area (Å²) >= 11 is 1.55. The zero-order chi connectivity index (χ0) is 21.0. The summed E-state index contributed by atoms with van der Waals surface area (Å²) in [4.78, 5) is 21.4. The van der Waals surface area contributed by atoms with Gasteiger partial charge in [0, 0.05) is 56.7 Å². The number of likely N-dealkylation sites (tertiary alicyclic amines) is 1. The molecule has 1 aliphatic heterocycles. The molecule has 2 atom stereocenters. The first-order valence-electron chi connectivity index (χ1n) is 10.3. The SMILES string of the molecule is CC.C[C@@H]1CCN(C(=O)Nc2cccs2)C[C@@H]1N(C)c1ccnc2c1ccn2C. The van der Waals surface area contributed by atoms with E-state index < -0.39 is 0 Å². The van der Waals surface area contributed by atoms with Gasteiger partial charge < -0.3 is 14.4 Å². The van der Waals surface area contributed by atoms with Crippen molar-refractivity contribution in [3.05, 3.63) is 42.0 Å². The average molecular weight is 414 g/mol. The Morgan fingerprint density at radius 3 is 2.83 bits per heavy atom. The summed E-state index contributed by atoms with van der Waals surface area (Å²) in [6.45, 7) is 7.78. The normalized spacial score (nSPS) is 18.9. The van der Waals surface area contributed by atoms with Crippen LogP contribution in [0.2, 0.25) is 0 Å². The highest BCUT2D eigenvalue weighted by molar-refractivity contribution is 7.14. The Hall–Kier alpha value is -2.54. The van der Waals surface area contributed by atoms with Gasteiger partial charge in [-0.05, 0) is 42.0 Å². The lowest BCUT2D eigenvalue weighted by Crippen LogP contribution is -2.53. The molecule has 0 aromatic carbocycles. The molecule has 2 amide bonds. The molecule has 1 saturated heterocycles. The molecule has 0 bridgehead atoms. The van der Waals surface area contributed by atoms with Crippen LogP contribution in [0.3, 0.4) is 0 Å². The molecule has 4 heterocycles. The minimum Gasteiger partial charge on any atom is -0.369 e. The van der Waals surface area contributed by atoms with Gasteiger partial charge in [0.25, 0.3) is 0 Å². The van der Waals surface area contributed by atoms with Crippen LogP contribution in [0.25, 0.3) is 11.0 Å². The summed E-state index contributed by atoms with van der Waals surface area (Å²) in [6.07, 6.45) is 4.90. The first kappa shape index (κ1) is 21.2. The van der Waals surface area contributed by atoms with E-state index in [-0.39, 0.29) is 12.1 Å². The largest absolute Gasteiger partial charge is 0.369 e. The van der Waals surface area contributed by atoms with Crippen molar-refractivity contribution < 1.29 is 4.79 Å². The van der Waals surface area contributed by atoms with E-state index in [9.17, 15) is 4.79 Å². The van der Waals surface area contributed by atoms with Gasteiger partial charge in [-0.15, -0.1) is 11.3 Å². The maximum absolute atomic E-state index is 12.7. The third kappa shape index (κ3) is 4.40. The Morgan fingerprint density at radius 2 is 2.10 bits per heavy atom. The number of aryl methyl sites for hydroxylation is 1. The molecule has 4 rings (SSSR count). The van der Waals surface area contributed by atoms with Crippen molar-refractivity contribution in [3.63, 3.8) is 0 Å². The van der Waals surface area contributed by atoms with Crippen molar-refractivity contribution in [2.24, 2.45) is 13.0 Å². The summed E-state index contributed by atoms with van der Waals surface area (Å²) in [5.74, 6) is 0.507. The van der Waals surface area contributed by atoms with E-state index in [1.165, 1.54) is 0 Å². The summed E-state index contributed by atoms with van der Waals surface area (Å²) in [7, 11) is 4.14. The van der Waals surface area contributed by atoms with Gasteiger partial charge in [0.05, 0.1) is 5.00 Å². The summed E-state index contributed by atoms with van der Waals surface area (Å²) in [6, 6.07) is 8.31. The minimum absolute atomic E-state index is 0.0117. The van der Waals surface area contributed by atoms with Crippen LogP contribution >= 0.6 is 11.3 Å². The molecule has 1 fully saturated rings. The van der Waals surface area contributed by atoms with Crippen LogP contribution in [-0.4, -0.2) is 46.7 Å². The molecule has 0 aliphatic carbocycles. The van der Waals surface area contributed by atoms with E-state index in [1.54, 1.807) is 11.3 Å². The molecule has 1 aliphatic rings. The molecule has 0 spiro atoms. The number of anilines is 2. The first-order valence-corrected chi connectivity index (χ1v) is 11.1. The molecule has 29 heavy (non-hydrogen) atoms. The lowest BCUT2D eigenvalue weighted by Gasteiger charge is -2.42. The average Bonchev–Trinajstić information content (AvgIpc) is 3.39. The Balaban J connectivity index is 0.00000117. The molecule has 6 nitrogen and oxygen atoms in total. The van der Waals surface area contributed by atoms with E-state index in [0.29, 0.717) is 12.5 Å². The number of amides is 2. The Labute approximate surface area is 177 Å². The van der Waals surface area contributed by atoms with E-state index in [0.717, 1.165) is 34.7 Å². The van der Waals surface area contributed by atoms with Crippen molar-refractivity contribution in [1.82, 2.24) is 14.5 Å². The van der Waals surface area contributed by atoms with Gasteiger partial charge in [0.15, 0.2) is 0 Å². The molecule has 1 N–H and O–H groups in total. The van der Waals surface area contributed by atoms with E-state index in [4.69, 9.17) is 0 Å². The second-order valence-electron chi connectivity index (χ2n) is 7.29. The minimum atomic E-state index is -0.0117. The molecule has 156 valence electrons. The van der Waals surface area contributed by atoms with Crippen LogP contribution in [0.1, 0.15) is 27.2 Å². The number of nitrogens with zero attached hydrogens (tertiary/aromatic N) is 4. The van der Waals surface area contributed by atoms with E-state index in [1.807, 2.05) is 60.3 Å². The molecular formula is C22H31N5OS. The highest BCUT2D eigenvalue weighted by Crippen LogP contribution is 2.31. The number of carbonyl (C=O) groups excluding carboxylic acids is 1. The zero-order valence-corrected chi connectivity index (χ0v) is 18.7. The van der Waals surface area contributed by atoms with Crippen molar-refractivity contribution in [2.45, 2.75) is 33.2 Å². The highest BCUT2D eigenvalue weighted by atomic mass is 32.1. The molecule has 0 unspecified atom stereocenters. The van der Waals surface area contributed by atoms with Gasteiger partial charge >= 0.3 is 6.03 Å². The lowest BCUT2D eigenvalue weighted by molar-refractivity contribution is 0.172. The fourth-order valence-corrected chi connectivity index (χ4v) is 4.52. The number of fused-ring (bicyclic) bond motifs is 1. The van der Waals surface area contributed by atoms with Gasteiger partial charge in [-0.2, -0.15) is 0 Å². The molecule has 3 aromatic heterocycles. The quantitative estimate of drug-likeness (QED) is 0.654. The zero-order valence-electron chi connectivity index (χ0n) is 17.9. The van der Waals surface area contributed by atoms with Crippen molar-refractivity contribution >= 4 is 39.1 Å². The van der Waals surface area contributed by atoms with Crippen molar-refractivity contribution in [2.75, 3.05) is 30.4 Å². The van der Waals surface area contributed by atoms with Gasteiger partial charge in [-0.25, -0.2) is 9.78 Å². The fourth-order valence-electron chi connectivity index (χ4n) is 3.91. The van der Waals surface area contributed by atoms with Crippen LogP contribution in [0.4, 0.5) is 15.5 Å². The highest BCUT2D eigenvalue weighted by Gasteiger charge is 2.32. The van der Waals surface area contributed by atoms with Gasteiger partial charge in [-0.1, -0.05) is 20.8 Å². The van der Waals surface area contributed by atoms with Crippen molar-refractivity contribution in [3.8, 4) is 0 Å². The Kier molecular flexibility index (Phi) is 6.79. The number of hydrogen-bond acceptors (Lipinski definition) is 4. The fraction of sp³-hybridized carbons (Fsp3) is 0.455. The molecule has 0 saturated carbocycles. The van der Waals surface area contributed by atoms with Crippen LogP contribution in [0, 0.1) is 5.92 Å². The monoisotopic (exact) mass is 413 g/mol. The summed E-state index contributed by atoms with van der Waals surface area (Å²) < 4.78 is 2.04. The maximum Gasteiger partial charge on any atom is 0.322 e. The molecule has 3 aromatic rings. The van der Waals surface area contributed by atoms with Gasteiger partial charge in [-0.3, -0.25) is 5.32 Å². The second-order valence-corrected chi connectivity index (χ2v) is 8.24. The maximum atomic E-state index is 12.7. The summed E-state index contributed by atoms with van der Waals surface area (Å²) in [5, 5.41) is 7.02. The molecular weight excluding hydrogens is 382 g/mol. The predicted octanol–water partition coefficient (Wildman–Crippen LogP) is 5.04. The Morgan fingerprint density at radius 1 is 1.31 bits per heavy atom. The lowest BCUT2D eigenvalue weighted by atomic mass is 9.92. The van der Waals surface area contributed by atoms with E-state index in [2.05, 4.69) is 41.3 Å². The number of thiophene rings is 1. The van der Waals surface area contributed by atoms with E-state index >= 15 is 0 Å². The second kappa shape index (κ2) is 9.31. The Bertz CT molecular complexity index is 936. The molecule has 0 radical (unpaired) electrons. The number of urea groups is 1. The third-order valence-corrected chi connectivity index (χ3v) is 6.36. The predicted molar refractivity (Wildman–Crippen MR) is 123 cm³/mol. The number of nitrogens with one attached hydrogen (secondary N) is 1. The third-order valence-electron chi connectivity index (χ3n) is 5.58. The number of piperidine rings is 1. The smallest absolute Gasteiger partial charge is 0.322 e. The van der Waals surface area contributed by atoms with Gasteiger partial charge in [0.2, 0.25) is 0 Å². The van der Waals surface area contributed by atoms with Crippen LogP contribution in [0.15, 0.2) is 42.0 Å². The topological polar surface area (TPSA) is 53.4 Å². The molecule has 7 heteroatoms. The standard InChI is InChI=1S/C20H25N5OS.C2H6/c1-14-7-11-25(20(26)22-18-5-4-12-27-18)13-17(14)24(3)16-6-9-21-19-15(16)8-10-23(19)2;1-2/h4-6,8-10,12,14,17H,7,11,13H2,1-3H3,(H,22,26);1-2H3/t14-,17+;/m1./s1. The van der Waals surface area contributed by atoms with Crippen LogP contribution < -0.4 is 10.2 Å². The van der Waals surface area contributed by atoms with Crippen LogP contribution in [0.5, 0.6) is 0 Å². The number of hydrogen-bond donors (Lipinski definition) is 1. The van der Waals surface area contributed by atoms with Crippen molar-refractivity contribution in [1.29, 1.82) is 0 Å². The van der Waals surface area contributed by atoms with Crippen LogP contribution in [-0.2, 0) is 7.05 Å².